The maximum absolute atomic E-state index is 12.7. The molecule has 0 rings (SSSR count). The van der Waals surface area contributed by atoms with Crippen LogP contribution >= 0.6 is 0 Å². The predicted octanol–water partition coefficient (Wildman–Crippen LogP) is 14.5. The molecule has 0 aliphatic rings. The monoisotopic (exact) mass is 808 g/mol. The Morgan fingerprint density at radius 2 is 0.772 bits per heavy atom. The summed E-state index contributed by atoms with van der Waals surface area (Å²) in [6, 6.07) is 0. The summed E-state index contributed by atoms with van der Waals surface area (Å²) in [6.07, 6.45) is 37.0. The van der Waals surface area contributed by atoms with Gasteiger partial charge in [-0.05, 0) is 103 Å². The number of hydrogen-bond donors (Lipinski definition) is 0. The van der Waals surface area contributed by atoms with Gasteiger partial charge in [0.1, 0.15) is 6.10 Å². The molecule has 0 radical (unpaired) electrons. The smallest absolute Gasteiger partial charge is 0.306 e. The lowest BCUT2D eigenvalue weighted by Crippen LogP contribution is -2.22. The number of rotatable bonds is 44. The molecule has 338 valence electrons. The van der Waals surface area contributed by atoms with Gasteiger partial charge in [0, 0.05) is 19.3 Å². The van der Waals surface area contributed by atoms with Gasteiger partial charge in [0.25, 0.3) is 0 Å². The van der Waals surface area contributed by atoms with Crippen molar-refractivity contribution in [3.8, 4) is 0 Å². The maximum Gasteiger partial charge on any atom is 0.306 e. The third-order valence-corrected chi connectivity index (χ3v) is 11.9. The molecule has 0 saturated heterocycles. The third-order valence-electron chi connectivity index (χ3n) is 11.9. The number of esters is 3. The summed E-state index contributed by atoms with van der Waals surface area (Å²) in [5.41, 5.74) is 0. The number of hydrogen-bond acceptors (Lipinski definition) is 7. The van der Waals surface area contributed by atoms with Crippen LogP contribution in [0.15, 0.2) is 0 Å². The molecule has 7 heteroatoms. The van der Waals surface area contributed by atoms with Crippen LogP contribution < -0.4 is 0 Å². The Hall–Kier alpha value is -1.63. The van der Waals surface area contributed by atoms with Crippen molar-refractivity contribution in [1.82, 2.24) is 4.90 Å². The van der Waals surface area contributed by atoms with Gasteiger partial charge < -0.3 is 19.1 Å². The van der Waals surface area contributed by atoms with Crippen LogP contribution in [0.25, 0.3) is 0 Å². The van der Waals surface area contributed by atoms with Crippen LogP contribution in [0.4, 0.5) is 0 Å². The lowest BCUT2D eigenvalue weighted by atomic mass is 9.92. The zero-order chi connectivity index (χ0) is 42.0. The summed E-state index contributed by atoms with van der Waals surface area (Å²) in [7, 11) is 2.09. The number of ether oxygens (including phenoxy) is 3. The van der Waals surface area contributed by atoms with Gasteiger partial charge in [-0.2, -0.15) is 0 Å². The van der Waals surface area contributed by atoms with E-state index in [4.69, 9.17) is 14.2 Å². The molecule has 1 unspecified atom stereocenters. The van der Waals surface area contributed by atoms with Crippen LogP contribution in [0.3, 0.4) is 0 Å². The maximum atomic E-state index is 12.7. The second-order valence-electron chi connectivity index (χ2n) is 17.5. The Bertz CT molecular complexity index is 876. The van der Waals surface area contributed by atoms with Gasteiger partial charge in [-0.1, -0.05) is 163 Å². The standard InChI is InChI=1S/C50H97NO6/c1-7-12-24-33-45(34-25-13-8-2)43-49(53)55-41-30-22-18-16-17-20-28-37-47(57-48(52)39-32-40-51(6)11-5)38-29-21-19-23-31-42-56-50(54)44-46(35-26-14-9-3)36-27-15-10-4/h45-47H,7-44H2,1-6H3. The molecule has 0 N–H and O–H groups in total. The highest BCUT2D eigenvalue weighted by molar-refractivity contribution is 5.70. The van der Waals surface area contributed by atoms with E-state index in [9.17, 15) is 14.4 Å². The highest BCUT2D eigenvalue weighted by Crippen LogP contribution is 2.23. The minimum atomic E-state index is -0.0477. The molecule has 7 nitrogen and oxygen atoms in total. The van der Waals surface area contributed by atoms with Crippen molar-refractivity contribution in [3.05, 3.63) is 0 Å². The van der Waals surface area contributed by atoms with Crippen molar-refractivity contribution >= 4 is 17.9 Å². The second-order valence-corrected chi connectivity index (χ2v) is 17.5. The van der Waals surface area contributed by atoms with Crippen molar-refractivity contribution in [3.63, 3.8) is 0 Å². The molecule has 0 aromatic heterocycles. The number of carbonyl (C=O) groups is 3. The zero-order valence-electron chi connectivity index (χ0n) is 39.0. The Balaban J connectivity index is 4.37. The Morgan fingerprint density at radius 3 is 1.14 bits per heavy atom. The van der Waals surface area contributed by atoms with E-state index in [1.165, 1.54) is 103 Å². The first-order valence-electron chi connectivity index (χ1n) is 25.0. The third kappa shape index (κ3) is 38.3. The highest BCUT2D eigenvalue weighted by Gasteiger charge is 2.17. The van der Waals surface area contributed by atoms with Crippen LogP contribution in [0.5, 0.6) is 0 Å². The van der Waals surface area contributed by atoms with Crippen molar-refractivity contribution in [1.29, 1.82) is 0 Å². The molecule has 0 spiro atoms. The molecule has 0 saturated carbocycles. The minimum absolute atomic E-state index is 0.00363. The van der Waals surface area contributed by atoms with Gasteiger partial charge in [-0.15, -0.1) is 0 Å². The molecule has 0 bridgehead atoms. The quantitative estimate of drug-likeness (QED) is 0.0344. The summed E-state index contributed by atoms with van der Waals surface area (Å²) in [5.74, 6) is 0.917. The SMILES string of the molecule is CCCCCC(CCCCC)CC(=O)OCCCCCCCCCC(CCCCCCCOC(=O)CC(CCCCC)CCCCC)OC(=O)CCCN(C)CC. The van der Waals surface area contributed by atoms with E-state index < -0.39 is 0 Å². The average molecular weight is 808 g/mol. The molecule has 0 aliphatic heterocycles. The van der Waals surface area contributed by atoms with Crippen LogP contribution in [0.1, 0.15) is 253 Å². The van der Waals surface area contributed by atoms with E-state index in [0.717, 1.165) is 109 Å². The van der Waals surface area contributed by atoms with Crippen molar-refractivity contribution in [2.75, 3.05) is 33.4 Å². The molecule has 57 heavy (non-hydrogen) atoms. The van der Waals surface area contributed by atoms with E-state index >= 15 is 0 Å². The molecule has 0 aromatic rings. The number of nitrogens with zero attached hydrogens (tertiary/aromatic N) is 1. The first kappa shape index (κ1) is 55.4. The topological polar surface area (TPSA) is 82.1 Å². The number of unbranched alkanes of at least 4 members (excludes halogenated alkanes) is 18. The van der Waals surface area contributed by atoms with Crippen LogP contribution in [-0.4, -0.2) is 62.3 Å². The van der Waals surface area contributed by atoms with E-state index in [-0.39, 0.29) is 24.0 Å². The Morgan fingerprint density at radius 1 is 0.421 bits per heavy atom. The Kier molecular flexibility index (Phi) is 41.3. The zero-order valence-corrected chi connectivity index (χ0v) is 39.0. The molecular weight excluding hydrogens is 711 g/mol. The van der Waals surface area contributed by atoms with Crippen LogP contribution in [-0.2, 0) is 28.6 Å². The lowest BCUT2D eigenvalue weighted by Gasteiger charge is -2.19. The van der Waals surface area contributed by atoms with Crippen LogP contribution in [0.2, 0.25) is 0 Å². The fourth-order valence-corrected chi connectivity index (χ4v) is 7.91. The van der Waals surface area contributed by atoms with Gasteiger partial charge in [-0.3, -0.25) is 14.4 Å². The molecule has 0 heterocycles. The van der Waals surface area contributed by atoms with Gasteiger partial charge >= 0.3 is 17.9 Å². The summed E-state index contributed by atoms with van der Waals surface area (Å²) in [4.78, 5) is 40.0. The van der Waals surface area contributed by atoms with Crippen molar-refractivity contribution < 1.29 is 28.6 Å². The number of carbonyl (C=O) groups excluding carboxylic acids is 3. The molecule has 0 fully saturated rings. The van der Waals surface area contributed by atoms with E-state index in [1.54, 1.807) is 0 Å². The van der Waals surface area contributed by atoms with E-state index in [1.807, 2.05) is 0 Å². The molecule has 0 amide bonds. The van der Waals surface area contributed by atoms with E-state index in [0.29, 0.717) is 44.3 Å². The van der Waals surface area contributed by atoms with Crippen molar-refractivity contribution in [2.24, 2.45) is 11.8 Å². The molecule has 1 atom stereocenters. The Labute approximate surface area is 354 Å². The van der Waals surface area contributed by atoms with Gasteiger partial charge in [-0.25, -0.2) is 0 Å². The fourth-order valence-electron chi connectivity index (χ4n) is 7.91. The largest absolute Gasteiger partial charge is 0.466 e. The predicted molar refractivity (Wildman–Crippen MR) is 242 cm³/mol. The van der Waals surface area contributed by atoms with Crippen molar-refractivity contribution in [2.45, 2.75) is 259 Å². The normalized spacial score (nSPS) is 12.2. The summed E-state index contributed by atoms with van der Waals surface area (Å²) in [6.45, 7) is 14.1. The average Bonchev–Trinajstić information content (AvgIpc) is 3.19. The molecule has 0 aromatic carbocycles. The summed E-state index contributed by atoms with van der Waals surface area (Å²) >= 11 is 0. The second kappa shape index (κ2) is 42.5. The van der Waals surface area contributed by atoms with Crippen LogP contribution in [0, 0.1) is 11.8 Å². The van der Waals surface area contributed by atoms with Gasteiger partial charge in [0.05, 0.1) is 13.2 Å². The summed E-state index contributed by atoms with van der Waals surface area (Å²) in [5, 5.41) is 0. The lowest BCUT2D eigenvalue weighted by molar-refractivity contribution is -0.150. The van der Waals surface area contributed by atoms with Gasteiger partial charge in [0.2, 0.25) is 0 Å². The fraction of sp³-hybridized carbons (Fsp3) is 0.940. The molecular formula is C50H97NO6. The molecule has 0 aliphatic carbocycles. The summed E-state index contributed by atoms with van der Waals surface area (Å²) < 4.78 is 17.3. The first-order valence-corrected chi connectivity index (χ1v) is 25.0. The first-order chi connectivity index (χ1) is 27.8. The highest BCUT2D eigenvalue weighted by atomic mass is 16.5. The minimum Gasteiger partial charge on any atom is -0.466 e. The van der Waals surface area contributed by atoms with E-state index in [2.05, 4.69) is 46.6 Å². The van der Waals surface area contributed by atoms with Gasteiger partial charge in [0.15, 0.2) is 0 Å².